The van der Waals surface area contributed by atoms with Crippen molar-refractivity contribution in [3.63, 3.8) is 0 Å². The first-order chi connectivity index (χ1) is 21.0. The minimum atomic E-state index is -0.374. The molecule has 12 nitrogen and oxygen atoms in total. The van der Waals surface area contributed by atoms with Gasteiger partial charge < -0.3 is 30.9 Å². The number of piperidine rings is 2. The van der Waals surface area contributed by atoms with E-state index < -0.39 is 0 Å². The normalized spacial score (nSPS) is 20.3. The first-order valence-electron chi connectivity index (χ1n) is 15.6. The molecule has 3 saturated heterocycles. The smallest absolute Gasteiger partial charge is 0.407 e. The van der Waals surface area contributed by atoms with Gasteiger partial charge in [0.1, 0.15) is 12.4 Å². The molecule has 230 valence electrons. The van der Waals surface area contributed by atoms with Crippen LogP contribution in [0.15, 0.2) is 36.5 Å². The highest BCUT2D eigenvalue weighted by molar-refractivity contribution is 5.95. The highest BCUT2D eigenvalue weighted by Crippen LogP contribution is 2.33. The van der Waals surface area contributed by atoms with Crippen LogP contribution in [0.5, 0.6) is 0 Å². The van der Waals surface area contributed by atoms with Crippen LogP contribution in [0, 0.1) is 5.92 Å². The van der Waals surface area contributed by atoms with Crippen molar-refractivity contribution in [2.24, 2.45) is 5.92 Å². The number of hydrogen-bond donors (Lipinski definition) is 5. The van der Waals surface area contributed by atoms with E-state index in [4.69, 9.17) is 9.72 Å². The number of H-pyrrole nitrogens is 1. The summed E-state index contributed by atoms with van der Waals surface area (Å²) in [6.45, 7) is 7.33. The number of carbonyl (C=O) groups is 2. The third-order valence-electron chi connectivity index (χ3n) is 8.82. The van der Waals surface area contributed by atoms with Crippen molar-refractivity contribution in [3.05, 3.63) is 36.5 Å². The Kier molecular flexibility index (Phi) is 9.23. The molecule has 5 heterocycles. The van der Waals surface area contributed by atoms with E-state index in [2.05, 4.69) is 48.2 Å². The molecular weight excluding hydrogens is 546 g/mol. The lowest BCUT2D eigenvalue weighted by molar-refractivity contribution is -0.117. The number of carbonyl (C=O) groups excluding carboxylic acids is 2. The van der Waals surface area contributed by atoms with Gasteiger partial charge in [-0.05, 0) is 101 Å². The Labute approximate surface area is 252 Å². The summed E-state index contributed by atoms with van der Waals surface area (Å²) in [5.41, 5.74) is 2.51. The van der Waals surface area contributed by atoms with E-state index in [1.165, 1.54) is 0 Å². The van der Waals surface area contributed by atoms with Crippen molar-refractivity contribution in [1.29, 1.82) is 0 Å². The summed E-state index contributed by atoms with van der Waals surface area (Å²) in [7, 11) is 0. The maximum atomic E-state index is 13.2. The Morgan fingerprint density at radius 1 is 1.05 bits per heavy atom. The second-order valence-electron chi connectivity index (χ2n) is 12.1. The van der Waals surface area contributed by atoms with Gasteiger partial charge in [0.25, 0.3) is 0 Å². The van der Waals surface area contributed by atoms with E-state index >= 15 is 0 Å². The maximum Gasteiger partial charge on any atom is 0.407 e. The average molecular weight is 590 g/mol. The van der Waals surface area contributed by atoms with Gasteiger partial charge in [0.2, 0.25) is 5.91 Å². The summed E-state index contributed by atoms with van der Waals surface area (Å²) in [5, 5.41) is 21.0. The number of amides is 2. The number of likely N-dealkylation sites (tertiary alicyclic amines) is 1. The number of nitrogens with one attached hydrogen (secondary N) is 5. The largest absolute Gasteiger partial charge is 0.447 e. The maximum absolute atomic E-state index is 13.2. The van der Waals surface area contributed by atoms with Crippen molar-refractivity contribution < 1.29 is 14.3 Å². The highest BCUT2D eigenvalue weighted by atomic mass is 16.5. The van der Waals surface area contributed by atoms with Crippen LogP contribution in [0.2, 0.25) is 0 Å². The number of ether oxygens (including phenoxy) is 1. The van der Waals surface area contributed by atoms with Gasteiger partial charge >= 0.3 is 6.09 Å². The number of hydrogen-bond acceptors (Lipinski definition) is 9. The van der Waals surface area contributed by atoms with E-state index in [1.807, 2.05) is 30.3 Å². The van der Waals surface area contributed by atoms with Crippen LogP contribution in [0.4, 0.5) is 27.8 Å². The van der Waals surface area contributed by atoms with E-state index in [1.54, 1.807) is 6.20 Å². The zero-order valence-electron chi connectivity index (χ0n) is 24.9. The number of benzene rings is 1. The highest BCUT2D eigenvalue weighted by Gasteiger charge is 2.30. The van der Waals surface area contributed by atoms with Gasteiger partial charge in [-0.15, -0.1) is 0 Å². The second kappa shape index (κ2) is 13.6. The molecule has 0 unspecified atom stereocenters. The zero-order chi connectivity index (χ0) is 29.6. The monoisotopic (exact) mass is 589 g/mol. The van der Waals surface area contributed by atoms with Crippen LogP contribution >= 0.6 is 0 Å². The average Bonchev–Trinajstić information content (AvgIpc) is 3.68. The van der Waals surface area contributed by atoms with Gasteiger partial charge in [-0.25, -0.2) is 9.78 Å². The molecule has 3 aliphatic rings. The summed E-state index contributed by atoms with van der Waals surface area (Å²) in [6.07, 6.45) is 7.27. The second-order valence-corrected chi connectivity index (χ2v) is 12.1. The molecule has 2 amide bonds. The summed E-state index contributed by atoms with van der Waals surface area (Å²) in [4.78, 5) is 35.2. The molecule has 3 aliphatic heterocycles. The SMILES string of the molecule is CC1CCN(CC(=O)Nc2ccc(Nc3ccc4[nH]ncc4c3)nc2N2CCC[C@H]2COC(=O)NC2CCNCC2)CC1. The fraction of sp³-hybridized carbons (Fsp3) is 0.548. The van der Waals surface area contributed by atoms with E-state index in [9.17, 15) is 9.59 Å². The van der Waals surface area contributed by atoms with Gasteiger partial charge in [-0.3, -0.25) is 14.8 Å². The molecule has 0 aliphatic carbocycles. The van der Waals surface area contributed by atoms with Gasteiger partial charge in [0.15, 0.2) is 5.82 Å². The standard InChI is InChI=1S/C31H43N9O3/c1-21-10-15-39(16-11-21)19-29(41)36-27-6-7-28(34-24-4-5-26-22(17-24)18-33-38-26)37-30(27)40-14-2-3-25(40)20-43-31(42)35-23-8-12-32-13-9-23/h4-7,17-18,21,23,25,32H,2-3,8-16,19-20H2,1H3,(H,33,38)(H,34,37)(H,35,42)(H,36,41)/t25-/m0/s1. The molecule has 3 aromatic rings. The van der Waals surface area contributed by atoms with E-state index in [0.29, 0.717) is 29.8 Å². The van der Waals surface area contributed by atoms with Crippen molar-refractivity contribution in [3.8, 4) is 0 Å². The van der Waals surface area contributed by atoms with Crippen molar-refractivity contribution in [2.45, 2.75) is 57.5 Å². The van der Waals surface area contributed by atoms with Gasteiger partial charge in [0.05, 0.1) is 30.0 Å². The molecule has 2 aromatic heterocycles. The Bertz CT molecular complexity index is 1400. The van der Waals surface area contributed by atoms with Crippen LogP contribution in [0.3, 0.4) is 0 Å². The predicted molar refractivity (Wildman–Crippen MR) is 168 cm³/mol. The van der Waals surface area contributed by atoms with Crippen LogP contribution < -0.4 is 26.2 Å². The Balaban J connectivity index is 1.17. The first kappa shape index (κ1) is 29.2. The summed E-state index contributed by atoms with van der Waals surface area (Å²) >= 11 is 0. The quantitative estimate of drug-likeness (QED) is 0.252. The molecular formula is C31H43N9O3. The summed E-state index contributed by atoms with van der Waals surface area (Å²) in [6, 6.07) is 9.87. The molecule has 3 fully saturated rings. The Hall–Kier alpha value is -3.90. The lowest BCUT2D eigenvalue weighted by Crippen LogP contribution is -2.44. The topological polar surface area (TPSA) is 140 Å². The third-order valence-corrected chi connectivity index (χ3v) is 8.82. The number of anilines is 4. The fourth-order valence-electron chi connectivity index (χ4n) is 6.25. The molecule has 5 N–H and O–H groups in total. The van der Waals surface area contributed by atoms with E-state index in [0.717, 1.165) is 87.8 Å². The van der Waals surface area contributed by atoms with Crippen LogP contribution in [0.25, 0.3) is 10.9 Å². The lowest BCUT2D eigenvalue weighted by Gasteiger charge is -2.30. The lowest BCUT2D eigenvalue weighted by atomic mass is 9.99. The molecule has 0 bridgehead atoms. The van der Waals surface area contributed by atoms with Crippen LogP contribution in [-0.4, -0.2) is 90.0 Å². The Morgan fingerprint density at radius 2 is 1.88 bits per heavy atom. The number of rotatable bonds is 9. The van der Waals surface area contributed by atoms with Crippen molar-refractivity contribution in [2.75, 3.05) is 61.4 Å². The number of nitrogens with zero attached hydrogens (tertiary/aromatic N) is 4. The molecule has 6 rings (SSSR count). The predicted octanol–water partition coefficient (Wildman–Crippen LogP) is 3.82. The van der Waals surface area contributed by atoms with Crippen molar-refractivity contribution >= 4 is 45.9 Å². The molecule has 0 saturated carbocycles. The fourth-order valence-corrected chi connectivity index (χ4v) is 6.25. The Morgan fingerprint density at radius 3 is 2.72 bits per heavy atom. The molecule has 0 radical (unpaired) electrons. The molecule has 1 aromatic carbocycles. The summed E-state index contributed by atoms with van der Waals surface area (Å²) in [5.74, 6) is 2.01. The number of aromatic nitrogens is 3. The summed E-state index contributed by atoms with van der Waals surface area (Å²) < 4.78 is 5.71. The zero-order valence-corrected chi connectivity index (χ0v) is 24.9. The van der Waals surface area contributed by atoms with Gasteiger partial charge in [-0.2, -0.15) is 5.10 Å². The molecule has 1 atom stereocenters. The van der Waals surface area contributed by atoms with Gasteiger partial charge in [0, 0.05) is 23.7 Å². The first-order valence-corrected chi connectivity index (χ1v) is 15.6. The number of aromatic amines is 1. The number of fused-ring (bicyclic) bond motifs is 1. The molecule has 43 heavy (non-hydrogen) atoms. The van der Waals surface area contributed by atoms with Crippen molar-refractivity contribution in [1.82, 2.24) is 30.7 Å². The number of alkyl carbamates (subject to hydrolysis) is 1. The molecule has 0 spiro atoms. The third kappa shape index (κ3) is 7.55. The minimum Gasteiger partial charge on any atom is -0.447 e. The van der Waals surface area contributed by atoms with Gasteiger partial charge in [-0.1, -0.05) is 6.92 Å². The van der Waals surface area contributed by atoms with E-state index in [-0.39, 0.29) is 30.7 Å². The van der Waals surface area contributed by atoms with Crippen LogP contribution in [-0.2, 0) is 9.53 Å². The minimum absolute atomic E-state index is 0.0389. The number of pyridine rings is 1. The van der Waals surface area contributed by atoms with Crippen LogP contribution in [0.1, 0.15) is 45.4 Å². The molecule has 12 heteroatoms.